The molecule has 21 heavy (non-hydrogen) atoms. The van der Waals surface area contributed by atoms with Crippen LogP contribution in [-0.4, -0.2) is 30.7 Å². The minimum atomic E-state index is -0.757. The maximum absolute atomic E-state index is 11.6. The highest BCUT2D eigenvalue weighted by Gasteiger charge is 2.26. The summed E-state index contributed by atoms with van der Waals surface area (Å²) in [5.41, 5.74) is 4.67. The highest BCUT2D eigenvalue weighted by atomic mass is 16.5. The van der Waals surface area contributed by atoms with Crippen molar-refractivity contribution in [2.24, 2.45) is 5.10 Å². The van der Waals surface area contributed by atoms with Gasteiger partial charge in [0.05, 0.1) is 12.8 Å². The summed E-state index contributed by atoms with van der Waals surface area (Å²) in [4.78, 5) is 23.1. The number of aryl methyl sites for hydroxylation is 1. The molecule has 0 bridgehead atoms. The fraction of sp³-hybridized carbons (Fsp3) is 0.400. The van der Waals surface area contributed by atoms with Crippen LogP contribution in [0.3, 0.4) is 0 Å². The number of amides is 2. The molecule has 1 aromatic carbocycles. The Bertz CT molecular complexity index is 592. The summed E-state index contributed by atoms with van der Waals surface area (Å²) in [5, 5.41) is 6.57. The monoisotopic (exact) mass is 289 g/mol. The van der Waals surface area contributed by atoms with Gasteiger partial charge in [-0.25, -0.2) is 5.43 Å². The van der Waals surface area contributed by atoms with Crippen molar-refractivity contribution in [2.45, 2.75) is 32.7 Å². The number of carbonyl (C=O) groups excluding carboxylic acids is 2. The van der Waals surface area contributed by atoms with Crippen molar-refractivity contribution < 1.29 is 14.3 Å². The number of nitrogens with one attached hydrogen (secondary N) is 2. The molecule has 112 valence electrons. The van der Waals surface area contributed by atoms with Gasteiger partial charge in [0, 0.05) is 11.6 Å². The molecule has 0 saturated heterocycles. The number of nitrogens with zero attached hydrogens (tertiary/aromatic N) is 1. The Kier molecular flexibility index (Phi) is 4.57. The van der Waals surface area contributed by atoms with Gasteiger partial charge in [-0.05, 0) is 38.8 Å². The number of ether oxygens (including phenoxy) is 1. The van der Waals surface area contributed by atoms with Crippen LogP contribution in [0.5, 0.6) is 5.75 Å². The summed E-state index contributed by atoms with van der Waals surface area (Å²) in [6.07, 6.45) is 1.86. The van der Waals surface area contributed by atoms with E-state index in [0.717, 1.165) is 24.0 Å². The van der Waals surface area contributed by atoms with E-state index in [4.69, 9.17) is 4.74 Å². The molecule has 0 atom stereocenters. The van der Waals surface area contributed by atoms with Gasteiger partial charge in [-0.15, -0.1) is 0 Å². The molecule has 0 aromatic heterocycles. The molecule has 1 saturated carbocycles. The van der Waals surface area contributed by atoms with Crippen molar-refractivity contribution in [2.75, 3.05) is 7.11 Å². The fourth-order valence-corrected chi connectivity index (χ4v) is 1.83. The van der Waals surface area contributed by atoms with E-state index < -0.39 is 11.8 Å². The van der Waals surface area contributed by atoms with E-state index in [2.05, 4.69) is 15.8 Å². The van der Waals surface area contributed by atoms with E-state index in [9.17, 15) is 9.59 Å². The van der Waals surface area contributed by atoms with Crippen LogP contribution in [0.4, 0.5) is 0 Å². The van der Waals surface area contributed by atoms with Crippen LogP contribution in [0.15, 0.2) is 23.3 Å². The average Bonchev–Trinajstić information content (AvgIpc) is 3.28. The van der Waals surface area contributed by atoms with Crippen LogP contribution in [-0.2, 0) is 9.59 Å². The van der Waals surface area contributed by atoms with Crippen LogP contribution >= 0.6 is 0 Å². The third-order valence-corrected chi connectivity index (χ3v) is 3.19. The predicted octanol–water partition coefficient (Wildman–Crippen LogP) is 1.12. The first kappa shape index (κ1) is 15.0. The Morgan fingerprint density at radius 2 is 2.00 bits per heavy atom. The highest BCUT2D eigenvalue weighted by Crippen LogP contribution is 2.20. The summed E-state index contributed by atoms with van der Waals surface area (Å²) in [7, 11) is 1.57. The van der Waals surface area contributed by atoms with Crippen LogP contribution in [0, 0.1) is 6.92 Å². The molecular weight excluding hydrogens is 270 g/mol. The average molecular weight is 289 g/mol. The lowest BCUT2D eigenvalue weighted by molar-refractivity contribution is -0.139. The Morgan fingerprint density at radius 1 is 1.29 bits per heavy atom. The van der Waals surface area contributed by atoms with Crippen molar-refractivity contribution >= 4 is 17.5 Å². The quantitative estimate of drug-likeness (QED) is 0.495. The zero-order valence-electron chi connectivity index (χ0n) is 12.4. The summed E-state index contributed by atoms with van der Waals surface area (Å²) < 4.78 is 5.26. The van der Waals surface area contributed by atoms with E-state index in [1.165, 1.54) is 0 Å². The highest BCUT2D eigenvalue weighted by molar-refractivity contribution is 6.35. The SMILES string of the molecule is COc1ccc(C)cc1/C(C)=N\NC(=O)C(=O)NC1CC1. The number of hydrazone groups is 1. The largest absolute Gasteiger partial charge is 0.496 e. The van der Waals surface area contributed by atoms with Gasteiger partial charge in [0.1, 0.15) is 5.75 Å². The number of hydrogen-bond donors (Lipinski definition) is 2. The number of rotatable bonds is 4. The van der Waals surface area contributed by atoms with E-state index in [0.29, 0.717) is 11.5 Å². The molecule has 1 aromatic rings. The summed E-state index contributed by atoms with van der Waals surface area (Å²) in [6, 6.07) is 5.82. The Labute approximate surface area is 123 Å². The maximum atomic E-state index is 11.6. The lowest BCUT2D eigenvalue weighted by Gasteiger charge is -2.09. The second kappa shape index (κ2) is 6.39. The van der Waals surface area contributed by atoms with Gasteiger partial charge in [-0.2, -0.15) is 5.10 Å². The number of hydrogen-bond acceptors (Lipinski definition) is 4. The molecule has 1 aliphatic carbocycles. The van der Waals surface area contributed by atoms with Gasteiger partial charge in [-0.3, -0.25) is 9.59 Å². The van der Waals surface area contributed by atoms with E-state index >= 15 is 0 Å². The van der Waals surface area contributed by atoms with Crippen molar-refractivity contribution in [3.8, 4) is 5.75 Å². The first-order chi connectivity index (χ1) is 10.0. The number of benzene rings is 1. The molecule has 0 radical (unpaired) electrons. The molecule has 6 nitrogen and oxygen atoms in total. The molecule has 2 N–H and O–H groups in total. The topological polar surface area (TPSA) is 79.8 Å². The lowest BCUT2D eigenvalue weighted by atomic mass is 10.1. The maximum Gasteiger partial charge on any atom is 0.329 e. The third kappa shape index (κ3) is 4.05. The van der Waals surface area contributed by atoms with Crippen molar-refractivity contribution in [3.63, 3.8) is 0 Å². The van der Waals surface area contributed by atoms with Gasteiger partial charge in [0.25, 0.3) is 0 Å². The zero-order valence-corrected chi connectivity index (χ0v) is 12.4. The number of methoxy groups -OCH3 is 1. The Hall–Kier alpha value is -2.37. The molecule has 0 unspecified atom stereocenters. The van der Waals surface area contributed by atoms with Crippen LogP contribution < -0.4 is 15.5 Å². The molecule has 0 aliphatic heterocycles. The lowest BCUT2D eigenvalue weighted by Crippen LogP contribution is -2.39. The molecule has 0 heterocycles. The molecule has 2 amide bonds. The minimum absolute atomic E-state index is 0.144. The molecule has 1 fully saturated rings. The molecule has 0 spiro atoms. The van der Waals surface area contributed by atoms with E-state index in [-0.39, 0.29) is 6.04 Å². The summed E-state index contributed by atoms with van der Waals surface area (Å²) >= 11 is 0. The van der Waals surface area contributed by atoms with Crippen molar-refractivity contribution in [3.05, 3.63) is 29.3 Å². The van der Waals surface area contributed by atoms with E-state index in [1.54, 1.807) is 14.0 Å². The van der Waals surface area contributed by atoms with Crippen LogP contribution in [0.2, 0.25) is 0 Å². The van der Waals surface area contributed by atoms with Crippen molar-refractivity contribution in [1.29, 1.82) is 0 Å². The first-order valence-electron chi connectivity index (χ1n) is 6.81. The molecule has 6 heteroatoms. The molecule has 2 rings (SSSR count). The second-order valence-corrected chi connectivity index (χ2v) is 5.09. The number of carbonyl (C=O) groups is 2. The minimum Gasteiger partial charge on any atom is -0.496 e. The van der Waals surface area contributed by atoms with Gasteiger partial charge in [0.2, 0.25) is 0 Å². The smallest absolute Gasteiger partial charge is 0.329 e. The summed E-state index contributed by atoms with van der Waals surface area (Å²) in [5.74, 6) is -0.739. The fourth-order valence-electron chi connectivity index (χ4n) is 1.83. The third-order valence-electron chi connectivity index (χ3n) is 3.19. The van der Waals surface area contributed by atoms with E-state index in [1.807, 2.05) is 25.1 Å². The standard InChI is InChI=1S/C15H19N3O3/c1-9-4-7-13(21-3)12(8-9)10(2)17-18-15(20)14(19)16-11-5-6-11/h4,7-8,11H,5-6H2,1-3H3,(H,16,19)(H,18,20)/b17-10-. The van der Waals surface area contributed by atoms with Crippen molar-refractivity contribution in [1.82, 2.24) is 10.7 Å². The zero-order chi connectivity index (χ0) is 15.4. The van der Waals surface area contributed by atoms with Gasteiger partial charge in [-0.1, -0.05) is 11.6 Å². The first-order valence-corrected chi connectivity index (χ1v) is 6.81. The Balaban J connectivity index is 2.04. The van der Waals surface area contributed by atoms with Crippen LogP contribution in [0.1, 0.15) is 30.9 Å². The normalized spacial score (nSPS) is 14.5. The van der Waals surface area contributed by atoms with Gasteiger partial charge < -0.3 is 10.1 Å². The predicted molar refractivity (Wildman–Crippen MR) is 79.2 cm³/mol. The summed E-state index contributed by atoms with van der Waals surface area (Å²) in [6.45, 7) is 3.70. The molecular formula is C15H19N3O3. The van der Waals surface area contributed by atoms with Gasteiger partial charge >= 0.3 is 11.8 Å². The van der Waals surface area contributed by atoms with Crippen LogP contribution in [0.25, 0.3) is 0 Å². The molecule has 1 aliphatic rings. The van der Waals surface area contributed by atoms with Gasteiger partial charge in [0.15, 0.2) is 0 Å². The second-order valence-electron chi connectivity index (χ2n) is 5.09. The Morgan fingerprint density at radius 3 is 2.62 bits per heavy atom.